The number of ether oxygens (including phenoxy) is 2. The normalized spacial score (nSPS) is 13.2. The lowest BCUT2D eigenvalue weighted by atomic mass is 9.87. The average Bonchev–Trinajstić information content (AvgIpc) is 2.96. The number of hydrogen-bond donors (Lipinski definition) is 0. The Kier molecular flexibility index (Phi) is 9.77. The average molecular weight is 561 g/mol. The van der Waals surface area contributed by atoms with Crippen molar-refractivity contribution in [2.45, 2.75) is 43.3 Å². The van der Waals surface area contributed by atoms with Gasteiger partial charge in [0.2, 0.25) is 0 Å². The van der Waals surface area contributed by atoms with Crippen molar-refractivity contribution in [2.75, 3.05) is 26.8 Å². The van der Waals surface area contributed by atoms with Crippen molar-refractivity contribution in [1.82, 2.24) is 4.90 Å². The molecule has 0 spiro atoms. The minimum atomic E-state index is -3.63. The second kappa shape index (κ2) is 13.4. The number of fused-ring (bicyclic) bond motifs is 1. The van der Waals surface area contributed by atoms with Crippen LogP contribution in [0.5, 0.6) is 11.5 Å². The third-order valence-corrected chi connectivity index (χ3v) is 8.73. The second-order valence-electron chi connectivity index (χ2n) is 9.80. The van der Waals surface area contributed by atoms with Gasteiger partial charge in [0.05, 0.1) is 30.6 Å². The molecule has 210 valence electrons. The van der Waals surface area contributed by atoms with Gasteiger partial charge in [0.1, 0.15) is 18.1 Å². The Morgan fingerprint density at radius 2 is 1.80 bits per heavy atom. The molecule has 7 nitrogen and oxygen atoms in total. The molecule has 0 saturated carbocycles. The van der Waals surface area contributed by atoms with Crippen molar-refractivity contribution >= 4 is 22.0 Å². The zero-order valence-electron chi connectivity index (χ0n) is 23.1. The monoisotopic (exact) mass is 560 g/mol. The number of benzene rings is 3. The number of carbonyl (C=O) groups excluding carboxylic acids is 1. The molecule has 0 unspecified atom stereocenters. The van der Waals surface area contributed by atoms with Crippen molar-refractivity contribution in [1.29, 1.82) is 0 Å². The van der Waals surface area contributed by atoms with Crippen molar-refractivity contribution in [3.05, 3.63) is 101 Å². The topological polar surface area (TPSA) is 85.3 Å². The van der Waals surface area contributed by atoms with Crippen LogP contribution in [0.15, 0.2) is 83.3 Å². The Bertz CT molecular complexity index is 1480. The number of carbonyl (C=O) groups is 1. The Morgan fingerprint density at radius 3 is 2.52 bits per heavy atom. The van der Waals surface area contributed by atoms with Crippen LogP contribution in [0.4, 0.5) is 0 Å². The Morgan fingerprint density at radius 1 is 1.02 bits per heavy atom. The summed E-state index contributed by atoms with van der Waals surface area (Å²) >= 11 is 0. The third kappa shape index (κ3) is 7.18. The number of aliphatic imine (C=N–C) groups is 1. The Balaban J connectivity index is 1.51. The molecule has 0 N–H and O–H groups in total. The lowest BCUT2D eigenvalue weighted by molar-refractivity contribution is 0.0972. The lowest BCUT2D eigenvalue weighted by Crippen LogP contribution is -2.29. The fraction of sp³-hybridized carbons (Fsp3) is 0.312. The minimum absolute atomic E-state index is 0.0479. The fourth-order valence-electron chi connectivity index (χ4n) is 4.98. The summed E-state index contributed by atoms with van der Waals surface area (Å²) in [4.78, 5) is 19.1. The summed E-state index contributed by atoms with van der Waals surface area (Å²) in [6.07, 6.45) is 5.85. The first-order valence-electron chi connectivity index (χ1n) is 13.4. The van der Waals surface area contributed by atoms with Gasteiger partial charge in [-0.05, 0) is 73.2 Å². The van der Waals surface area contributed by atoms with E-state index < -0.39 is 9.84 Å². The van der Waals surface area contributed by atoms with E-state index in [1.165, 1.54) is 11.8 Å². The molecule has 3 aromatic rings. The fourth-order valence-corrected chi connectivity index (χ4v) is 6.42. The molecule has 0 aliphatic heterocycles. The molecule has 4 rings (SSSR count). The minimum Gasteiger partial charge on any atom is -0.496 e. The third-order valence-electron chi connectivity index (χ3n) is 7.07. The Hall–Kier alpha value is -3.91. The van der Waals surface area contributed by atoms with E-state index in [4.69, 9.17) is 9.47 Å². The first kappa shape index (κ1) is 29.1. The highest BCUT2D eigenvalue weighted by Crippen LogP contribution is 2.34. The molecule has 0 bridgehead atoms. The number of hydrogen-bond acceptors (Lipinski definition) is 6. The molecular weight excluding hydrogens is 524 g/mol. The van der Waals surface area contributed by atoms with Crippen LogP contribution in [-0.2, 0) is 28.4 Å². The number of rotatable bonds is 13. The summed E-state index contributed by atoms with van der Waals surface area (Å²) in [7, 11) is -1.97. The summed E-state index contributed by atoms with van der Waals surface area (Å²) in [6.45, 7) is 7.25. The maximum atomic E-state index is 13.3. The van der Waals surface area contributed by atoms with E-state index in [1.807, 2.05) is 17.9 Å². The number of ketones is 1. The molecule has 0 saturated heterocycles. The number of Topliss-reactive ketones (excluding diaryl/α,β-unsaturated/α-hetero) is 1. The Labute approximate surface area is 237 Å². The highest BCUT2D eigenvalue weighted by molar-refractivity contribution is 7.90. The van der Waals surface area contributed by atoms with Gasteiger partial charge in [-0.1, -0.05) is 36.9 Å². The second-order valence-corrected chi connectivity index (χ2v) is 11.8. The molecule has 1 aliphatic rings. The molecule has 0 atom stereocenters. The summed E-state index contributed by atoms with van der Waals surface area (Å²) in [6, 6.07) is 18.0. The van der Waals surface area contributed by atoms with E-state index in [2.05, 4.69) is 23.7 Å². The van der Waals surface area contributed by atoms with E-state index >= 15 is 0 Å². The quantitative estimate of drug-likeness (QED) is 0.200. The van der Waals surface area contributed by atoms with Gasteiger partial charge in [-0.2, -0.15) is 0 Å². The van der Waals surface area contributed by atoms with E-state index in [9.17, 15) is 13.2 Å². The highest BCUT2D eigenvalue weighted by atomic mass is 32.2. The number of methoxy groups -OCH3 is 1. The van der Waals surface area contributed by atoms with Crippen LogP contribution in [0.25, 0.3) is 0 Å². The van der Waals surface area contributed by atoms with Gasteiger partial charge < -0.3 is 14.4 Å². The van der Waals surface area contributed by atoms with E-state index in [-0.39, 0.29) is 16.4 Å². The van der Waals surface area contributed by atoms with Gasteiger partial charge in [-0.3, -0.25) is 4.79 Å². The predicted octanol–water partition coefficient (Wildman–Crippen LogP) is 5.59. The number of aryl methyl sites for hydroxylation is 1. The van der Waals surface area contributed by atoms with Crippen molar-refractivity contribution < 1.29 is 22.7 Å². The summed E-state index contributed by atoms with van der Waals surface area (Å²) in [5.74, 6) is 1.19. The van der Waals surface area contributed by atoms with Crippen LogP contribution in [0.2, 0.25) is 0 Å². The SMILES string of the molecule is C=CN=CN(CCOc1ccc2c(c1CS(=O)(=O)c1ccccc1)CCCC2=O)CCc1ccc(OC)c(C)c1. The molecule has 0 aromatic heterocycles. The molecular formula is C32H36N2O5S. The molecule has 8 heteroatoms. The highest BCUT2D eigenvalue weighted by Gasteiger charge is 2.26. The molecule has 0 amide bonds. The predicted molar refractivity (Wildman–Crippen MR) is 158 cm³/mol. The summed E-state index contributed by atoms with van der Waals surface area (Å²) in [5.41, 5.74) is 4.23. The smallest absolute Gasteiger partial charge is 0.182 e. The van der Waals surface area contributed by atoms with Crippen molar-refractivity contribution in [3.8, 4) is 11.5 Å². The molecule has 1 aliphatic carbocycles. The lowest BCUT2D eigenvalue weighted by Gasteiger charge is -2.23. The van der Waals surface area contributed by atoms with Crippen LogP contribution >= 0.6 is 0 Å². The van der Waals surface area contributed by atoms with Crippen LogP contribution in [0.1, 0.15) is 45.5 Å². The molecule has 3 aromatic carbocycles. The molecule has 0 heterocycles. The van der Waals surface area contributed by atoms with Gasteiger partial charge in [0.15, 0.2) is 15.6 Å². The van der Waals surface area contributed by atoms with Crippen LogP contribution in [0.3, 0.4) is 0 Å². The molecule has 0 radical (unpaired) electrons. The van der Waals surface area contributed by atoms with Crippen molar-refractivity contribution in [3.63, 3.8) is 0 Å². The summed E-state index contributed by atoms with van der Waals surface area (Å²) in [5, 5.41) is 0. The van der Waals surface area contributed by atoms with E-state index in [0.717, 1.165) is 23.3 Å². The maximum Gasteiger partial charge on any atom is 0.182 e. The van der Waals surface area contributed by atoms with Gasteiger partial charge >= 0.3 is 0 Å². The van der Waals surface area contributed by atoms with Crippen molar-refractivity contribution in [2.24, 2.45) is 4.99 Å². The van der Waals surface area contributed by atoms with Gasteiger partial charge in [0, 0.05) is 30.3 Å². The first-order valence-corrected chi connectivity index (χ1v) is 15.1. The number of nitrogens with zero attached hydrogens (tertiary/aromatic N) is 2. The van der Waals surface area contributed by atoms with Crippen LogP contribution < -0.4 is 9.47 Å². The largest absolute Gasteiger partial charge is 0.496 e. The van der Waals surface area contributed by atoms with Gasteiger partial charge in [0.25, 0.3) is 0 Å². The zero-order chi connectivity index (χ0) is 28.5. The van der Waals surface area contributed by atoms with Gasteiger partial charge in [-0.15, -0.1) is 0 Å². The van der Waals surface area contributed by atoms with Crippen LogP contribution in [-0.4, -0.2) is 52.2 Å². The van der Waals surface area contributed by atoms with Crippen LogP contribution in [0, 0.1) is 6.92 Å². The van der Waals surface area contributed by atoms with Gasteiger partial charge in [-0.25, -0.2) is 13.4 Å². The molecule has 0 fully saturated rings. The molecule has 40 heavy (non-hydrogen) atoms. The maximum absolute atomic E-state index is 13.3. The standard InChI is InChI=1S/C32H36N2O5S/c1-4-33-23-34(18-17-25-13-15-31(38-3)24(2)21-25)19-20-39-32-16-14-28-27(11-8-12-30(28)35)29(32)22-40(36,37)26-9-6-5-7-10-26/h4-7,9-10,13-16,21,23H,1,8,11-12,17-20,22H2,2-3H3. The zero-order valence-corrected chi connectivity index (χ0v) is 24.0. The number of sulfone groups is 1. The van der Waals surface area contributed by atoms with E-state index in [0.29, 0.717) is 55.8 Å². The van der Waals surface area contributed by atoms with E-state index in [1.54, 1.807) is 55.9 Å². The summed E-state index contributed by atoms with van der Waals surface area (Å²) < 4.78 is 38.2. The first-order chi connectivity index (χ1) is 19.3.